The lowest BCUT2D eigenvalue weighted by molar-refractivity contribution is 0.669. The number of aromatic nitrogens is 3. The van der Waals surface area contributed by atoms with Crippen molar-refractivity contribution in [3.63, 3.8) is 0 Å². The van der Waals surface area contributed by atoms with Crippen LogP contribution in [0.25, 0.3) is 121 Å². The van der Waals surface area contributed by atoms with Gasteiger partial charge in [0.25, 0.3) is 0 Å². The van der Waals surface area contributed by atoms with E-state index >= 15 is 0 Å². The molecule has 0 fully saturated rings. The molecule has 2 aliphatic carbocycles. The van der Waals surface area contributed by atoms with Crippen molar-refractivity contribution in [2.75, 3.05) is 0 Å². The van der Waals surface area contributed by atoms with E-state index in [0.717, 1.165) is 49.8 Å². The minimum atomic E-state index is -0.379. The summed E-state index contributed by atoms with van der Waals surface area (Å²) >= 11 is 1.81. The Morgan fingerprint density at radius 1 is 0.304 bits per heavy atom. The van der Waals surface area contributed by atoms with Gasteiger partial charge in [0.05, 0.1) is 5.41 Å². The van der Waals surface area contributed by atoms with E-state index in [9.17, 15) is 0 Å². The maximum absolute atomic E-state index is 6.57. The minimum Gasteiger partial charge on any atom is -0.456 e. The Kier molecular flexibility index (Phi) is 8.12. The van der Waals surface area contributed by atoms with E-state index in [1.165, 1.54) is 75.8 Å². The van der Waals surface area contributed by atoms with Crippen molar-refractivity contribution in [1.82, 2.24) is 15.0 Å². The van der Waals surface area contributed by atoms with Crippen molar-refractivity contribution in [1.29, 1.82) is 0 Å². The number of nitrogens with zero attached hydrogens (tertiary/aromatic N) is 3. The largest absolute Gasteiger partial charge is 0.456 e. The van der Waals surface area contributed by atoms with Crippen LogP contribution in [0.1, 0.15) is 22.3 Å². The molecule has 0 saturated carbocycles. The van der Waals surface area contributed by atoms with Crippen molar-refractivity contribution in [2.24, 2.45) is 0 Å². The molecule has 0 unspecified atom stereocenters. The van der Waals surface area contributed by atoms with E-state index in [0.29, 0.717) is 17.5 Å². The van der Waals surface area contributed by atoms with Crippen LogP contribution in [0.5, 0.6) is 0 Å². The third-order valence-corrected chi connectivity index (χ3v) is 15.7. The summed E-state index contributed by atoms with van der Waals surface area (Å²) in [5.74, 6) is 1.85. The van der Waals surface area contributed by atoms with Crippen LogP contribution in [-0.2, 0) is 5.41 Å². The summed E-state index contributed by atoms with van der Waals surface area (Å²) in [6, 6.07) is 81.0. The smallest absolute Gasteiger partial charge is 0.164 e. The number of rotatable bonds is 5. The van der Waals surface area contributed by atoms with Crippen LogP contribution >= 0.6 is 11.3 Å². The second-order valence-corrected chi connectivity index (χ2v) is 19.3. The Morgan fingerprint density at radius 3 is 1.55 bits per heavy atom. The Hall–Kier alpha value is -8.77. The molecular formula is C64H37N3OS. The fraction of sp³-hybridized carbons (Fsp3) is 0.0156. The highest BCUT2D eigenvalue weighted by Crippen LogP contribution is 2.63. The molecule has 1 spiro atoms. The Balaban J connectivity index is 0.833. The van der Waals surface area contributed by atoms with Crippen molar-refractivity contribution in [3.05, 3.63) is 247 Å². The molecule has 320 valence electrons. The monoisotopic (exact) mass is 895 g/mol. The zero-order valence-corrected chi connectivity index (χ0v) is 37.8. The molecule has 0 aliphatic heterocycles. The van der Waals surface area contributed by atoms with Gasteiger partial charge in [-0.05, 0) is 115 Å². The zero-order valence-electron chi connectivity index (χ0n) is 37.0. The Bertz CT molecular complexity index is 4200. The predicted molar refractivity (Wildman–Crippen MR) is 283 cm³/mol. The third kappa shape index (κ3) is 5.59. The summed E-state index contributed by atoms with van der Waals surface area (Å²) in [6.07, 6.45) is 0. The normalized spacial score (nSPS) is 13.0. The number of furan rings is 1. The van der Waals surface area contributed by atoms with E-state index in [2.05, 4.69) is 194 Å². The Labute approximate surface area is 401 Å². The van der Waals surface area contributed by atoms with Crippen LogP contribution < -0.4 is 0 Å². The highest BCUT2D eigenvalue weighted by atomic mass is 32.1. The zero-order chi connectivity index (χ0) is 45.2. The molecule has 0 bridgehead atoms. The maximum Gasteiger partial charge on any atom is 0.164 e. The van der Waals surface area contributed by atoms with Gasteiger partial charge in [-0.1, -0.05) is 176 Å². The first-order valence-electron chi connectivity index (χ1n) is 23.4. The first-order valence-corrected chi connectivity index (χ1v) is 24.2. The van der Waals surface area contributed by atoms with Gasteiger partial charge < -0.3 is 4.42 Å². The van der Waals surface area contributed by atoms with Crippen molar-refractivity contribution < 1.29 is 4.42 Å². The van der Waals surface area contributed by atoms with Gasteiger partial charge >= 0.3 is 0 Å². The molecule has 4 nitrogen and oxygen atoms in total. The second kappa shape index (κ2) is 14.6. The lowest BCUT2D eigenvalue weighted by Gasteiger charge is -2.30. The summed E-state index contributed by atoms with van der Waals surface area (Å²) in [7, 11) is 0. The number of fused-ring (bicyclic) bond motifs is 16. The summed E-state index contributed by atoms with van der Waals surface area (Å²) in [5, 5.41) is 4.43. The van der Waals surface area contributed by atoms with Gasteiger partial charge in [0.2, 0.25) is 0 Å². The van der Waals surface area contributed by atoms with E-state index in [1.54, 1.807) is 11.3 Å². The van der Waals surface area contributed by atoms with Crippen molar-refractivity contribution in [2.45, 2.75) is 5.41 Å². The van der Waals surface area contributed by atoms with Crippen molar-refractivity contribution in [3.8, 4) is 78.7 Å². The van der Waals surface area contributed by atoms with E-state index in [-0.39, 0.29) is 5.41 Å². The minimum absolute atomic E-state index is 0.379. The van der Waals surface area contributed by atoms with E-state index in [4.69, 9.17) is 19.4 Å². The first-order chi connectivity index (χ1) is 34.2. The van der Waals surface area contributed by atoms with Crippen LogP contribution in [0.15, 0.2) is 229 Å². The standard InChI is InChI=1S/C64H37N3OS/c1-2-13-40(14-3-1)61-65-62(43-31-34-59-50(36-43)48-18-7-11-24-58(48)69-59)67-63(66-61)49-19-12-23-57-60(49)51-35-41(30-33-56(51)68-57)38-25-27-39(28-26-38)42-29-32-47-46-17-6-10-22-54(46)64(55(47)37-42)52-20-8-4-15-44(52)45-16-5-9-21-53(45)64/h1-37H. The molecule has 10 aromatic carbocycles. The molecule has 0 N–H and O–H groups in total. The lowest BCUT2D eigenvalue weighted by Crippen LogP contribution is -2.25. The van der Waals surface area contributed by atoms with Gasteiger partial charge in [0.1, 0.15) is 11.2 Å². The molecule has 5 heteroatoms. The average molecular weight is 896 g/mol. The number of benzene rings is 10. The second-order valence-electron chi connectivity index (χ2n) is 18.2. The van der Waals surface area contributed by atoms with Gasteiger partial charge in [0.15, 0.2) is 17.5 Å². The van der Waals surface area contributed by atoms with Gasteiger partial charge in [-0.2, -0.15) is 0 Å². The molecule has 0 radical (unpaired) electrons. The average Bonchev–Trinajstić information content (AvgIpc) is 4.16. The van der Waals surface area contributed by atoms with Crippen LogP contribution in [0.4, 0.5) is 0 Å². The fourth-order valence-electron chi connectivity index (χ4n) is 11.5. The Morgan fingerprint density at radius 2 is 0.826 bits per heavy atom. The van der Waals surface area contributed by atoms with Crippen LogP contribution in [0, 0.1) is 0 Å². The molecule has 0 saturated heterocycles. The molecule has 3 heterocycles. The van der Waals surface area contributed by atoms with Gasteiger partial charge in [-0.25, -0.2) is 15.0 Å². The summed E-state index contributed by atoms with van der Waals surface area (Å²) in [6.45, 7) is 0. The molecule has 3 aromatic heterocycles. The van der Waals surface area contributed by atoms with Crippen LogP contribution in [0.3, 0.4) is 0 Å². The summed E-state index contributed by atoms with van der Waals surface area (Å²) in [4.78, 5) is 15.5. The summed E-state index contributed by atoms with van der Waals surface area (Å²) in [5.41, 5.74) is 19.2. The first kappa shape index (κ1) is 38.3. The quantitative estimate of drug-likeness (QED) is 0.173. The van der Waals surface area contributed by atoms with Crippen LogP contribution in [0.2, 0.25) is 0 Å². The molecule has 15 rings (SSSR count). The lowest BCUT2D eigenvalue weighted by atomic mass is 9.70. The predicted octanol–water partition coefficient (Wildman–Crippen LogP) is 16.8. The number of hydrogen-bond acceptors (Lipinski definition) is 5. The number of thiophene rings is 1. The molecular weight excluding hydrogens is 859 g/mol. The van der Waals surface area contributed by atoms with Crippen molar-refractivity contribution >= 4 is 53.4 Å². The summed E-state index contributed by atoms with van der Waals surface area (Å²) < 4.78 is 9.07. The van der Waals surface area contributed by atoms with Gasteiger partial charge in [-0.3, -0.25) is 0 Å². The molecule has 13 aromatic rings. The molecule has 0 amide bonds. The third-order valence-electron chi connectivity index (χ3n) is 14.6. The fourth-order valence-corrected chi connectivity index (χ4v) is 12.6. The van der Waals surface area contributed by atoms with Crippen LogP contribution in [-0.4, -0.2) is 15.0 Å². The highest BCUT2D eigenvalue weighted by Gasteiger charge is 2.51. The van der Waals surface area contributed by atoms with E-state index < -0.39 is 0 Å². The molecule has 0 atom stereocenters. The SMILES string of the molecule is c1ccc(-c2nc(-c3ccc4sc5ccccc5c4c3)nc(-c3cccc4oc5ccc(-c6ccc(-c7ccc8c(c7)C7(c9ccccc9-c9ccccc97)c7ccccc7-8)cc6)cc5c34)n2)cc1. The number of hydrogen-bond donors (Lipinski definition) is 0. The topological polar surface area (TPSA) is 51.8 Å². The molecule has 69 heavy (non-hydrogen) atoms. The maximum atomic E-state index is 6.57. The van der Waals surface area contributed by atoms with Gasteiger partial charge in [0, 0.05) is 47.6 Å². The highest BCUT2D eigenvalue weighted by molar-refractivity contribution is 7.25. The molecule has 2 aliphatic rings. The van der Waals surface area contributed by atoms with E-state index in [1.807, 2.05) is 30.3 Å². The van der Waals surface area contributed by atoms with Gasteiger partial charge in [-0.15, -0.1) is 11.3 Å².